The number of rotatable bonds is 7. The lowest BCUT2D eigenvalue weighted by Crippen LogP contribution is -2.52. The Bertz CT molecular complexity index is 1320. The number of ether oxygens (including phenoxy) is 2. The van der Waals surface area contributed by atoms with Crippen LogP contribution in [-0.2, 0) is 12.0 Å². The predicted octanol–water partition coefficient (Wildman–Crippen LogP) is 4.90. The maximum absolute atomic E-state index is 13.6. The normalized spacial score (nSPS) is 23.1. The maximum Gasteiger partial charge on any atom is 0.319 e. The van der Waals surface area contributed by atoms with Crippen LogP contribution in [-0.4, -0.2) is 53.7 Å². The fraction of sp³-hybridized carbons (Fsp3) is 0.429. The molecule has 0 radical (unpaired) electrons. The number of aromatic amines is 1. The summed E-state index contributed by atoms with van der Waals surface area (Å²) in [5, 5.41) is 5.68. The van der Waals surface area contributed by atoms with Gasteiger partial charge in [0.2, 0.25) is 0 Å². The van der Waals surface area contributed by atoms with E-state index in [1.54, 1.807) is 20.5 Å². The van der Waals surface area contributed by atoms with Crippen LogP contribution in [0, 0.1) is 18.6 Å². The van der Waals surface area contributed by atoms with Crippen molar-refractivity contribution < 1.29 is 23.0 Å². The highest BCUT2D eigenvalue weighted by molar-refractivity contribution is 5.89. The number of carbonyl (C=O) groups is 1. The summed E-state index contributed by atoms with van der Waals surface area (Å²) in [6, 6.07) is 9.12. The summed E-state index contributed by atoms with van der Waals surface area (Å²) < 4.78 is 37.9. The minimum Gasteiger partial charge on any atom is -0.493 e. The number of carbonyl (C=O) groups excluding carboxylic acids is 1. The van der Waals surface area contributed by atoms with Crippen LogP contribution >= 0.6 is 0 Å². The number of likely N-dealkylation sites (tertiary alicyclic amines) is 1. The number of anilines is 1. The highest BCUT2D eigenvalue weighted by Crippen LogP contribution is 2.50. The highest BCUT2D eigenvalue weighted by atomic mass is 19.2. The van der Waals surface area contributed by atoms with Crippen molar-refractivity contribution >= 4 is 11.7 Å². The first-order valence-electron chi connectivity index (χ1n) is 12.8. The molecule has 1 saturated carbocycles. The predicted molar refractivity (Wildman–Crippen MR) is 140 cm³/mol. The van der Waals surface area contributed by atoms with Gasteiger partial charge in [0, 0.05) is 35.8 Å². The van der Waals surface area contributed by atoms with Crippen LogP contribution in [0.4, 0.5) is 19.3 Å². The molecule has 3 aromatic rings. The number of benzene rings is 2. The first kappa shape index (κ1) is 26.0. The van der Waals surface area contributed by atoms with Crippen molar-refractivity contribution in [1.82, 2.24) is 20.2 Å². The molecule has 3 unspecified atom stereocenters. The van der Waals surface area contributed by atoms with Crippen LogP contribution in [0.2, 0.25) is 0 Å². The van der Waals surface area contributed by atoms with Gasteiger partial charge >= 0.3 is 6.03 Å². The Morgan fingerprint density at radius 1 is 1.13 bits per heavy atom. The molecule has 3 N–H and O–H groups in total. The van der Waals surface area contributed by atoms with Gasteiger partial charge in [-0.25, -0.2) is 18.6 Å². The third-order valence-corrected chi connectivity index (χ3v) is 8.14. The molecule has 8 nitrogen and oxygen atoms in total. The van der Waals surface area contributed by atoms with Gasteiger partial charge in [0.25, 0.3) is 0 Å². The van der Waals surface area contributed by atoms with Gasteiger partial charge < -0.3 is 25.1 Å². The number of nitrogens with zero attached hydrogens (tertiary/aromatic N) is 2. The van der Waals surface area contributed by atoms with Gasteiger partial charge in [-0.05, 0) is 69.0 Å². The largest absolute Gasteiger partial charge is 0.493 e. The molecule has 1 aliphatic heterocycles. The quantitative estimate of drug-likeness (QED) is 0.408. The number of hydrogen-bond donors (Lipinski definition) is 3. The Labute approximate surface area is 220 Å². The number of imidazole rings is 1. The van der Waals surface area contributed by atoms with Crippen LogP contribution in [0.15, 0.2) is 42.7 Å². The van der Waals surface area contributed by atoms with Gasteiger partial charge in [-0.3, -0.25) is 4.90 Å². The molecular formula is C28H33F2N5O3. The lowest BCUT2D eigenvalue weighted by atomic mass is 9.65. The van der Waals surface area contributed by atoms with Crippen molar-refractivity contribution in [2.45, 2.75) is 56.7 Å². The van der Waals surface area contributed by atoms with Gasteiger partial charge in [-0.2, -0.15) is 0 Å². The highest BCUT2D eigenvalue weighted by Gasteiger charge is 2.51. The van der Waals surface area contributed by atoms with E-state index in [4.69, 9.17) is 9.47 Å². The topological polar surface area (TPSA) is 91.5 Å². The number of nitrogens with one attached hydrogen (secondary N) is 3. The summed E-state index contributed by atoms with van der Waals surface area (Å²) in [7, 11) is 3.27. The second-order valence-electron chi connectivity index (χ2n) is 10.1. The molecule has 3 atom stereocenters. The second-order valence-corrected chi connectivity index (χ2v) is 10.1. The summed E-state index contributed by atoms with van der Waals surface area (Å²) in [5.41, 5.74) is 3.36. The minimum absolute atomic E-state index is 0.0815. The number of halogens is 2. The zero-order chi connectivity index (χ0) is 26.9. The SMILES string of the molecule is COc1ccc(C23CCC(NC(=O)Nc4ccc(F)c(F)c4)CC2N(Cc2[nH]cnc2C)CC3)cc1OC. The number of urea groups is 1. The summed E-state index contributed by atoms with van der Waals surface area (Å²) in [6.45, 7) is 3.64. The summed E-state index contributed by atoms with van der Waals surface area (Å²) >= 11 is 0. The first-order chi connectivity index (χ1) is 18.3. The van der Waals surface area contributed by atoms with Crippen LogP contribution in [0.3, 0.4) is 0 Å². The molecule has 1 saturated heterocycles. The van der Waals surface area contributed by atoms with Gasteiger partial charge in [-0.1, -0.05) is 6.07 Å². The molecule has 2 aromatic carbocycles. The summed E-state index contributed by atoms with van der Waals surface area (Å²) in [5.74, 6) is -0.567. The molecule has 2 aliphatic rings. The van der Waals surface area contributed by atoms with Crippen molar-refractivity contribution in [3.8, 4) is 11.5 Å². The van der Waals surface area contributed by atoms with Crippen molar-refractivity contribution in [1.29, 1.82) is 0 Å². The smallest absolute Gasteiger partial charge is 0.319 e. The van der Waals surface area contributed by atoms with Crippen molar-refractivity contribution in [3.63, 3.8) is 0 Å². The number of hydrogen-bond acceptors (Lipinski definition) is 5. The average Bonchev–Trinajstić information content (AvgIpc) is 3.49. The molecule has 0 bridgehead atoms. The van der Waals surface area contributed by atoms with Crippen LogP contribution in [0.5, 0.6) is 11.5 Å². The Morgan fingerprint density at radius 3 is 2.66 bits per heavy atom. The summed E-state index contributed by atoms with van der Waals surface area (Å²) in [6.07, 6.45) is 5.10. The fourth-order valence-electron chi connectivity index (χ4n) is 6.13. The molecule has 202 valence electrons. The number of aromatic nitrogens is 2. The molecule has 38 heavy (non-hydrogen) atoms. The fourth-order valence-corrected chi connectivity index (χ4v) is 6.13. The molecule has 0 spiro atoms. The standard InChI is InChI=1S/C28H33F2N5O3/c1-17-23(32-16-31-17)15-35-11-10-28(18-4-7-24(37-2)25(12-18)38-3)9-8-20(14-26(28)35)34-27(36)33-19-5-6-21(29)22(30)13-19/h4-7,12-13,16,20,26H,8-11,14-15H2,1-3H3,(H,31,32)(H2,33,34,36). The lowest BCUT2D eigenvalue weighted by Gasteiger charge is -2.45. The lowest BCUT2D eigenvalue weighted by molar-refractivity contribution is 0.130. The van der Waals surface area contributed by atoms with E-state index in [9.17, 15) is 13.6 Å². The van der Waals surface area contributed by atoms with Gasteiger partial charge in [0.05, 0.1) is 31.9 Å². The Balaban J connectivity index is 1.38. The van der Waals surface area contributed by atoms with Crippen LogP contribution in [0.1, 0.15) is 42.6 Å². The number of H-pyrrole nitrogens is 1. The van der Waals surface area contributed by atoms with Crippen LogP contribution in [0.25, 0.3) is 0 Å². The van der Waals surface area contributed by atoms with Crippen molar-refractivity contribution in [2.75, 3.05) is 26.1 Å². The number of fused-ring (bicyclic) bond motifs is 1. The molecule has 1 aliphatic carbocycles. The van der Waals surface area contributed by atoms with E-state index in [0.29, 0.717) is 11.5 Å². The maximum atomic E-state index is 13.6. The zero-order valence-electron chi connectivity index (χ0n) is 21.8. The van der Waals surface area contributed by atoms with E-state index in [-0.39, 0.29) is 23.2 Å². The van der Waals surface area contributed by atoms with E-state index in [1.807, 2.05) is 13.0 Å². The summed E-state index contributed by atoms with van der Waals surface area (Å²) in [4.78, 5) is 22.9. The van der Waals surface area contributed by atoms with Gasteiger partial charge in [-0.15, -0.1) is 0 Å². The van der Waals surface area contributed by atoms with Crippen LogP contribution < -0.4 is 20.1 Å². The molecule has 2 amide bonds. The third-order valence-electron chi connectivity index (χ3n) is 8.14. The van der Waals surface area contributed by atoms with E-state index >= 15 is 0 Å². The van der Waals surface area contributed by atoms with Crippen molar-refractivity contribution in [3.05, 3.63) is 71.3 Å². The average molecular weight is 526 g/mol. The second kappa shape index (κ2) is 10.6. The molecule has 10 heteroatoms. The van der Waals surface area contributed by atoms with E-state index < -0.39 is 17.7 Å². The first-order valence-corrected chi connectivity index (χ1v) is 12.8. The molecule has 2 fully saturated rings. The Kier molecular flexibility index (Phi) is 7.25. The number of amides is 2. The van der Waals surface area contributed by atoms with Crippen molar-refractivity contribution in [2.24, 2.45) is 0 Å². The molecule has 5 rings (SSSR count). The van der Waals surface area contributed by atoms with E-state index in [2.05, 4.69) is 37.6 Å². The van der Waals surface area contributed by atoms with Gasteiger partial charge in [0.1, 0.15) is 0 Å². The Morgan fingerprint density at radius 2 is 1.95 bits per heavy atom. The Hall–Kier alpha value is -3.66. The zero-order valence-corrected chi connectivity index (χ0v) is 21.8. The number of aryl methyl sites for hydroxylation is 1. The molecule has 1 aromatic heterocycles. The monoisotopic (exact) mass is 525 g/mol. The molecular weight excluding hydrogens is 492 g/mol. The van der Waals surface area contributed by atoms with E-state index in [1.165, 1.54) is 11.6 Å². The molecule has 2 heterocycles. The van der Waals surface area contributed by atoms with E-state index in [0.717, 1.165) is 62.3 Å². The number of methoxy groups -OCH3 is 2. The van der Waals surface area contributed by atoms with Gasteiger partial charge in [0.15, 0.2) is 23.1 Å². The third kappa shape index (κ3) is 4.92. The minimum atomic E-state index is -1.00.